The van der Waals surface area contributed by atoms with Crippen molar-refractivity contribution < 1.29 is 14.3 Å². The molecule has 1 atom stereocenters. The van der Waals surface area contributed by atoms with Crippen molar-refractivity contribution in [1.82, 2.24) is 5.32 Å². The summed E-state index contributed by atoms with van der Waals surface area (Å²) in [5.74, 6) is 6.84. The first-order valence-corrected chi connectivity index (χ1v) is 10.7. The topological polar surface area (TPSA) is 55.4 Å². The van der Waals surface area contributed by atoms with Gasteiger partial charge in [0.05, 0.1) is 6.10 Å². The highest BCUT2D eigenvalue weighted by Crippen LogP contribution is 2.58. The SMILES string of the molecule is COC1CCC2(CC1)Cc1ccc(C#CCC(C)C)cc1C2(NC(C)=O)C(C)=O. The van der Waals surface area contributed by atoms with E-state index in [-0.39, 0.29) is 23.2 Å². The molecule has 1 fully saturated rings. The van der Waals surface area contributed by atoms with E-state index in [9.17, 15) is 9.59 Å². The zero-order valence-corrected chi connectivity index (χ0v) is 18.4. The van der Waals surface area contributed by atoms with Crippen molar-refractivity contribution in [1.29, 1.82) is 0 Å². The number of ketones is 1. The third kappa shape index (κ3) is 3.85. The highest BCUT2D eigenvalue weighted by molar-refractivity contribution is 5.94. The lowest BCUT2D eigenvalue weighted by Gasteiger charge is -2.49. The van der Waals surface area contributed by atoms with E-state index in [4.69, 9.17) is 4.74 Å². The standard InChI is InChI=1S/C25H33NO3/c1-17(2)7-6-8-20-9-10-21-16-24(13-11-22(29-5)12-14-24)25(18(3)27,23(21)15-20)26-19(4)28/h9-10,15,17,22H,7,11-14,16H2,1-5H3,(H,26,28). The number of hydrogen-bond donors (Lipinski definition) is 1. The first-order chi connectivity index (χ1) is 13.7. The Hall–Kier alpha value is -2.12. The average molecular weight is 396 g/mol. The van der Waals surface area contributed by atoms with Gasteiger partial charge >= 0.3 is 0 Å². The molecule has 1 amide bonds. The maximum absolute atomic E-state index is 13.2. The van der Waals surface area contributed by atoms with Crippen LogP contribution in [0, 0.1) is 23.2 Å². The Morgan fingerprint density at radius 2 is 1.93 bits per heavy atom. The van der Waals surface area contributed by atoms with Crippen molar-refractivity contribution in [2.75, 3.05) is 7.11 Å². The highest BCUT2D eigenvalue weighted by Gasteiger charge is 2.61. The van der Waals surface area contributed by atoms with Gasteiger partial charge in [-0.3, -0.25) is 9.59 Å². The van der Waals surface area contributed by atoms with E-state index in [1.54, 1.807) is 14.0 Å². The first-order valence-electron chi connectivity index (χ1n) is 10.7. The van der Waals surface area contributed by atoms with E-state index >= 15 is 0 Å². The van der Waals surface area contributed by atoms with Gasteiger partial charge in [0, 0.05) is 31.4 Å². The maximum atomic E-state index is 13.2. The number of benzene rings is 1. The predicted molar refractivity (Wildman–Crippen MR) is 114 cm³/mol. The van der Waals surface area contributed by atoms with Gasteiger partial charge in [0.2, 0.25) is 5.91 Å². The van der Waals surface area contributed by atoms with Crippen molar-refractivity contribution in [2.45, 2.75) is 77.9 Å². The molecule has 29 heavy (non-hydrogen) atoms. The number of carbonyl (C=O) groups excluding carboxylic acids is 2. The van der Waals surface area contributed by atoms with Crippen LogP contribution in [-0.2, 0) is 26.3 Å². The van der Waals surface area contributed by atoms with Crippen LogP contribution in [0.4, 0.5) is 0 Å². The number of ether oxygens (including phenoxy) is 1. The van der Waals surface area contributed by atoms with Crippen molar-refractivity contribution in [3.63, 3.8) is 0 Å². The molecule has 1 N–H and O–H groups in total. The van der Waals surface area contributed by atoms with Crippen LogP contribution in [-0.4, -0.2) is 24.9 Å². The molecule has 1 saturated carbocycles. The van der Waals surface area contributed by atoms with E-state index in [0.29, 0.717) is 5.92 Å². The number of carbonyl (C=O) groups is 2. The number of rotatable bonds is 4. The summed E-state index contributed by atoms with van der Waals surface area (Å²) in [6.07, 6.45) is 5.38. The lowest BCUT2D eigenvalue weighted by Crippen LogP contribution is -2.60. The van der Waals surface area contributed by atoms with Crippen LogP contribution >= 0.6 is 0 Å². The molecular formula is C25H33NO3. The van der Waals surface area contributed by atoms with Gasteiger partial charge in [0.15, 0.2) is 5.78 Å². The fourth-order valence-corrected chi connectivity index (χ4v) is 5.34. The second kappa shape index (κ2) is 8.32. The molecule has 1 spiro atoms. The van der Waals surface area contributed by atoms with Crippen LogP contribution in [0.5, 0.6) is 0 Å². The lowest BCUT2D eigenvalue weighted by atomic mass is 9.60. The molecule has 0 radical (unpaired) electrons. The van der Waals surface area contributed by atoms with Crippen molar-refractivity contribution in [2.24, 2.45) is 11.3 Å². The molecule has 4 heteroatoms. The minimum absolute atomic E-state index is 0.00889. The van der Waals surface area contributed by atoms with Crippen LogP contribution in [0.3, 0.4) is 0 Å². The smallest absolute Gasteiger partial charge is 0.217 e. The molecule has 0 heterocycles. The maximum Gasteiger partial charge on any atom is 0.217 e. The first kappa shape index (κ1) is 21.6. The van der Waals surface area contributed by atoms with E-state index < -0.39 is 5.54 Å². The summed E-state index contributed by atoms with van der Waals surface area (Å²) < 4.78 is 5.57. The Bertz CT molecular complexity index is 853. The molecular weight excluding hydrogens is 362 g/mol. The summed E-state index contributed by atoms with van der Waals surface area (Å²) in [5.41, 5.74) is 1.71. The Kier molecular flexibility index (Phi) is 6.19. The summed E-state index contributed by atoms with van der Waals surface area (Å²) in [6.45, 7) is 7.42. The van der Waals surface area contributed by atoms with Crippen LogP contribution in [0.15, 0.2) is 18.2 Å². The molecule has 0 bridgehead atoms. The van der Waals surface area contributed by atoms with Gasteiger partial charge in [-0.05, 0) is 68.2 Å². The van der Waals surface area contributed by atoms with E-state index in [1.807, 2.05) is 12.1 Å². The molecule has 2 aliphatic rings. The summed E-state index contributed by atoms with van der Waals surface area (Å²) >= 11 is 0. The molecule has 4 nitrogen and oxygen atoms in total. The molecule has 1 unspecified atom stereocenters. The van der Waals surface area contributed by atoms with Crippen LogP contribution in [0.2, 0.25) is 0 Å². The third-order valence-electron chi connectivity index (χ3n) is 6.70. The molecule has 0 aliphatic heterocycles. The molecule has 0 aromatic heterocycles. The molecule has 1 aromatic rings. The number of methoxy groups -OCH3 is 1. The normalized spacial score (nSPS) is 28.0. The summed E-state index contributed by atoms with van der Waals surface area (Å²) in [6, 6.07) is 6.19. The highest BCUT2D eigenvalue weighted by atomic mass is 16.5. The Labute approximate surface area is 174 Å². The number of amides is 1. The van der Waals surface area contributed by atoms with Gasteiger partial charge < -0.3 is 10.1 Å². The van der Waals surface area contributed by atoms with Gasteiger partial charge in [-0.2, -0.15) is 0 Å². The van der Waals surface area contributed by atoms with Crippen LogP contribution in [0.25, 0.3) is 0 Å². The van der Waals surface area contributed by atoms with E-state index in [0.717, 1.165) is 55.2 Å². The molecule has 1 aromatic carbocycles. The lowest BCUT2D eigenvalue weighted by molar-refractivity contribution is -0.138. The zero-order valence-electron chi connectivity index (χ0n) is 18.4. The van der Waals surface area contributed by atoms with Gasteiger partial charge in [0.25, 0.3) is 0 Å². The zero-order chi connectivity index (χ0) is 21.2. The van der Waals surface area contributed by atoms with Crippen LogP contribution < -0.4 is 5.32 Å². The van der Waals surface area contributed by atoms with Crippen molar-refractivity contribution >= 4 is 11.7 Å². The number of nitrogens with one attached hydrogen (secondary N) is 1. The molecule has 3 rings (SSSR count). The monoisotopic (exact) mass is 395 g/mol. The Balaban J connectivity index is 2.09. The summed E-state index contributed by atoms with van der Waals surface area (Å²) in [4.78, 5) is 25.5. The van der Waals surface area contributed by atoms with Crippen molar-refractivity contribution in [3.05, 3.63) is 34.9 Å². The fourth-order valence-electron chi connectivity index (χ4n) is 5.34. The van der Waals surface area contributed by atoms with E-state index in [2.05, 4.69) is 37.1 Å². The van der Waals surface area contributed by atoms with Gasteiger partial charge in [-0.15, -0.1) is 0 Å². The predicted octanol–water partition coefficient (Wildman–Crippen LogP) is 4.14. The van der Waals surface area contributed by atoms with Gasteiger partial charge in [-0.1, -0.05) is 31.8 Å². The second-order valence-corrected chi connectivity index (χ2v) is 9.15. The quantitative estimate of drug-likeness (QED) is 0.780. The summed E-state index contributed by atoms with van der Waals surface area (Å²) in [7, 11) is 1.75. The number of fused-ring (bicyclic) bond motifs is 1. The van der Waals surface area contributed by atoms with Gasteiger partial charge in [-0.25, -0.2) is 0 Å². The largest absolute Gasteiger partial charge is 0.381 e. The van der Waals surface area contributed by atoms with E-state index in [1.165, 1.54) is 6.92 Å². The Morgan fingerprint density at radius 3 is 2.48 bits per heavy atom. The molecule has 156 valence electrons. The second-order valence-electron chi connectivity index (χ2n) is 9.15. The fraction of sp³-hybridized carbons (Fsp3) is 0.600. The van der Waals surface area contributed by atoms with Crippen molar-refractivity contribution in [3.8, 4) is 11.8 Å². The average Bonchev–Trinajstić information content (AvgIpc) is 2.92. The van der Waals surface area contributed by atoms with Crippen LogP contribution in [0.1, 0.15) is 76.5 Å². The summed E-state index contributed by atoms with van der Waals surface area (Å²) in [5, 5.41) is 3.13. The number of hydrogen-bond acceptors (Lipinski definition) is 3. The Morgan fingerprint density at radius 1 is 1.24 bits per heavy atom. The minimum Gasteiger partial charge on any atom is -0.381 e. The minimum atomic E-state index is -0.984. The third-order valence-corrected chi connectivity index (χ3v) is 6.70. The number of Topliss-reactive ketones (excluding diaryl/α,β-unsaturated/α-hetero) is 1. The molecule has 2 aliphatic carbocycles. The molecule has 0 saturated heterocycles. The van der Waals surface area contributed by atoms with Gasteiger partial charge in [0.1, 0.15) is 5.54 Å².